The number of halogens is 1. The summed E-state index contributed by atoms with van der Waals surface area (Å²) in [6.45, 7) is 3.77. The van der Waals surface area contributed by atoms with Gasteiger partial charge in [-0.05, 0) is 37.6 Å². The molecule has 3 nitrogen and oxygen atoms in total. The van der Waals surface area contributed by atoms with Crippen LogP contribution in [0.3, 0.4) is 0 Å². The van der Waals surface area contributed by atoms with Gasteiger partial charge in [0.15, 0.2) is 0 Å². The molecular weight excluding hydrogens is 262 g/mol. The number of hydrogen-bond acceptors (Lipinski definition) is 2. The summed E-state index contributed by atoms with van der Waals surface area (Å²) >= 11 is 5.87. The minimum Gasteiger partial charge on any atom is -0.469 e. The number of furan rings is 1. The smallest absolute Gasteiger partial charge is 0.257 e. The molecule has 1 atom stereocenters. The van der Waals surface area contributed by atoms with E-state index < -0.39 is 0 Å². The van der Waals surface area contributed by atoms with Gasteiger partial charge in [-0.3, -0.25) is 4.79 Å². The Balaban J connectivity index is 2.19. The van der Waals surface area contributed by atoms with E-state index in [1.54, 1.807) is 24.9 Å². The van der Waals surface area contributed by atoms with E-state index in [1.165, 1.54) is 6.26 Å². The Morgan fingerprint density at radius 2 is 1.89 bits per heavy atom. The quantitative estimate of drug-likeness (QED) is 0.847. The van der Waals surface area contributed by atoms with Gasteiger partial charge in [0.1, 0.15) is 5.76 Å². The SMILES string of the molecule is Cc1occc1C(=O)N(C)C(C)c1ccc(Cl)cc1. The molecule has 0 bridgehead atoms. The Labute approximate surface area is 117 Å². The van der Waals surface area contributed by atoms with Crippen molar-refractivity contribution in [2.24, 2.45) is 0 Å². The molecule has 0 aliphatic rings. The molecule has 0 fully saturated rings. The number of amides is 1. The maximum absolute atomic E-state index is 12.3. The summed E-state index contributed by atoms with van der Waals surface area (Å²) in [5.41, 5.74) is 1.64. The first-order chi connectivity index (χ1) is 9.00. The lowest BCUT2D eigenvalue weighted by Crippen LogP contribution is -2.29. The summed E-state index contributed by atoms with van der Waals surface area (Å²) in [4.78, 5) is 14.0. The van der Waals surface area contributed by atoms with E-state index in [4.69, 9.17) is 16.0 Å². The summed E-state index contributed by atoms with van der Waals surface area (Å²) in [6.07, 6.45) is 1.53. The number of carbonyl (C=O) groups is 1. The van der Waals surface area contributed by atoms with Crippen molar-refractivity contribution in [3.05, 3.63) is 58.5 Å². The first-order valence-corrected chi connectivity index (χ1v) is 6.45. The molecule has 1 heterocycles. The van der Waals surface area contributed by atoms with Gasteiger partial charge < -0.3 is 9.32 Å². The molecule has 100 valence electrons. The van der Waals surface area contributed by atoms with Crippen LogP contribution in [0.5, 0.6) is 0 Å². The molecule has 2 aromatic rings. The third kappa shape index (κ3) is 2.82. The summed E-state index contributed by atoms with van der Waals surface area (Å²) in [7, 11) is 1.79. The Morgan fingerprint density at radius 3 is 2.42 bits per heavy atom. The molecule has 19 heavy (non-hydrogen) atoms. The maximum atomic E-state index is 12.3. The lowest BCUT2D eigenvalue weighted by molar-refractivity contribution is 0.0741. The molecule has 1 aromatic carbocycles. The van der Waals surface area contributed by atoms with Crippen molar-refractivity contribution in [3.63, 3.8) is 0 Å². The van der Waals surface area contributed by atoms with Crippen LogP contribution in [0.4, 0.5) is 0 Å². The number of benzene rings is 1. The zero-order valence-corrected chi connectivity index (χ0v) is 11.9. The standard InChI is InChI=1S/C15H16ClNO2/c1-10(12-4-6-13(16)7-5-12)17(3)15(18)14-8-9-19-11(14)2/h4-10H,1-3H3. The molecule has 0 aliphatic heterocycles. The van der Waals surface area contributed by atoms with Crippen molar-refractivity contribution in [1.29, 1.82) is 0 Å². The van der Waals surface area contributed by atoms with Gasteiger partial charge in [0.2, 0.25) is 0 Å². The van der Waals surface area contributed by atoms with E-state index in [-0.39, 0.29) is 11.9 Å². The van der Waals surface area contributed by atoms with Gasteiger partial charge in [-0.2, -0.15) is 0 Å². The molecule has 1 amide bonds. The van der Waals surface area contributed by atoms with Gasteiger partial charge in [0.05, 0.1) is 17.9 Å². The van der Waals surface area contributed by atoms with E-state index in [0.717, 1.165) is 5.56 Å². The highest BCUT2D eigenvalue weighted by Crippen LogP contribution is 2.23. The fraction of sp³-hybridized carbons (Fsp3) is 0.267. The number of rotatable bonds is 3. The van der Waals surface area contributed by atoms with Crippen LogP contribution >= 0.6 is 11.6 Å². The molecule has 4 heteroatoms. The minimum absolute atomic E-state index is 0.0286. The van der Waals surface area contributed by atoms with E-state index >= 15 is 0 Å². The van der Waals surface area contributed by atoms with Crippen molar-refractivity contribution >= 4 is 17.5 Å². The minimum atomic E-state index is -0.0475. The molecular formula is C15H16ClNO2. The normalized spacial score (nSPS) is 12.2. The first-order valence-electron chi connectivity index (χ1n) is 6.07. The van der Waals surface area contributed by atoms with Crippen LogP contribution < -0.4 is 0 Å². The average molecular weight is 278 g/mol. The van der Waals surface area contributed by atoms with Crippen LogP contribution in [0.1, 0.15) is 34.6 Å². The summed E-state index contributed by atoms with van der Waals surface area (Å²) < 4.78 is 5.17. The van der Waals surface area contributed by atoms with Gasteiger partial charge in [-0.1, -0.05) is 23.7 Å². The number of carbonyl (C=O) groups excluding carboxylic acids is 1. The monoisotopic (exact) mass is 277 g/mol. The topological polar surface area (TPSA) is 33.5 Å². The molecule has 0 saturated carbocycles. The zero-order chi connectivity index (χ0) is 14.0. The van der Waals surface area contributed by atoms with Gasteiger partial charge >= 0.3 is 0 Å². The predicted molar refractivity (Wildman–Crippen MR) is 75.4 cm³/mol. The second-order valence-electron chi connectivity index (χ2n) is 4.53. The molecule has 0 radical (unpaired) electrons. The first kappa shape index (κ1) is 13.7. The van der Waals surface area contributed by atoms with Gasteiger partial charge in [-0.15, -0.1) is 0 Å². The van der Waals surface area contributed by atoms with Crippen molar-refractivity contribution in [2.75, 3.05) is 7.05 Å². The van der Waals surface area contributed by atoms with Crippen molar-refractivity contribution in [2.45, 2.75) is 19.9 Å². The van der Waals surface area contributed by atoms with E-state index in [2.05, 4.69) is 0 Å². The van der Waals surface area contributed by atoms with E-state index in [9.17, 15) is 4.79 Å². The summed E-state index contributed by atoms with van der Waals surface area (Å²) in [5.74, 6) is 0.592. The fourth-order valence-electron chi connectivity index (χ4n) is 1.94. The van der Waals surface area contributed by atoms with Gasteiger partial charge in [-0.25, -0.2) is 0 Å². The summed E-state index contributed by atoms with van der Waals surface area (Å²) in [5, 5.41) is 0.690. The van der Waals surface area contributed by atoms with Crippen LogP contribution in [-0.2, 0) is 0 Å². The largest absolute Gasteiger partial charge is 0.469 e. The van der Waals surface area contributed by atoms with Crippen molar-refractivity contribution < 1.29 is 9.21 Å². The highest BCUT2D eigenvalue weighted by molar-refractivity contribution is 6.30. The van der Waals surface area contributed by atoms with Crippen LogP contribution in [0, 0.1) is 6.92 Å². The van der Waals surface area contributed by atoms with Gasteiger partial charge in [0.25, 0.3) is 5.91 Å². The molecule has 1 aromatic heterocycles. The van der Waals surface area contributed by atoms with Crippen LogP contribution in [0.25, 0.3) is 0 Å². The Bertz CT molecular complexity index is 574. The predicted octanol–water partition coefficient (Wildman–Crippen LogP) is 4.07. The Hall–Kier alpha value is -1.74. The Morgan fingerprint density at radius 1 is 1.26 bits per heavy atom. The average Bonchev–Trinajstić information content (AvgIpc) is 2.83. The lowest BCUT2D eigenvalue weighted by atomic mass is 10.1. The fourth-order valence-corrected chi connectivity index (χ4v) is 2.06. The third-order valence-corrected chi connectivity index (χ3v) is 3.59. The number of hydrogen-bond donors (Lipinski definition) is 0. The molecule has 2 rings (SSSR count). The van der Waals surface area contributed by atoms with Crippen LogP contribution in [0.15, 0.2) is 41.0 Å². The molecule has 1 unspecified atom stereocenters. The molecule has 0 N–H and O–H groups in total. The summed E-state index contributed by atoms with van der Waals surface area (Å²) in [6, 6.07) is 9.18. The lowest BCUT2D eigenvalue weighted by Gasteiger charge is -2.25. The number of nitrogens with zero attached hydrogens (tertiary/aromatic N) is 1. The highest BCUT2D eigenvalue weighted by Gasteiger charge is 2.21. The van der Waals surface area contributed by atoms with E-state index in [0.29, 0.717) is 16.3 Å². The zero-order valence-electron chi connectivity index (χ0n) is 11.2. The van der Waals surface area contributed by atoms with Crippen molar-refractivity contribution in [1.82, 2.24) is 4.90 Å². The van der Waals surface area contributed by atoms with Gasteiger partial charge in [0, 0.05) is 12.1 Å². The number of aryl methyl sites for hydroxylation is 1. The molecule has 0 saturated heterocycles. The Kier molecular flexibility index (Phi) is 3.96. The maximum Gasteiger partial charge on any atom is 0.257 e. The highest BCUT2D eigenvalue weighted by atomic mass is 35.5. The van der Waals surface area contributed by atoms with Crippen molar-refractivity contribution in [3.8, 4) is 0 Å². The second-order valence-corrected chi connectivity index (χ2v) is 4.97. The second kappa shape index (κ2) is 5.49. The third-order valence-electron chi connectivity index (χ3n) is 3.34. The van der Waals surface area contributed by atoms with Crippen LogP contribution in [0.2, 0.25) is 5.02 Å². The molecule has 0 spiro atoms. The van der Waals surface area contributed by atoms with Crippen LogP contribution in [-0.4, -0.2) is 17.9 Å². The molecule has 0 aliphatic carbocycles. The van der Waals surface area contributed by atoms with E-state index in [1.807, 2.05) is 31.2 Å².